The number of aliphatic carboxylic acids is 1. The van der Waals surface area contributed by atoms with Crippen molar-refractivity contribution in [2.24, 2.45) is 0 Å². The largest absolute Gasteiger partial charge is 0.479 e. The molecule has 0 spiro atoms. The Kier molecular flexibility index (Phi) is 44.0. The van der Waals surface area contributed by atoms with Crippen LogP contribution < -0.4 is 0 Å². The summed E-state index contributed by atoms with van der Waals surface area (Å²) in [6, 6.07) is 0. The third-order valence-corrected chi connectivity index (χ3v) is 11.9. The van der Waals surface area contributed by atoms with Crippen molar-refractivity contribution >= 4 is 23.9 Å². The van der Waals surface area contributed by atoms with Crippen molar-refractivity contribution < 1.29 is 58.2 Å². The molecule has 0 radical (unpaired) electrons. The zero-order valence-electron chi connectivity index (χ0n) is 45.1. The van der Waals surface area contributed by atoms with Gasteiger partial charge >= 0.3 is 23.9 Å². The predicted molar refractivity (Wildman–Crippen MR) is 294 cm³/mol. The minimum absolute atomic E-state index is 0.0195. The molecule has 1 rings (SSSR count). The van der Waals surface area contributed by atoms with Crippen molar-refractivity contribution in [1.29, 1.82) is 0 Å². The molecule has 0 bridgehead atoms. The van der Waals surface area contributed by atoms with Gasteiger partial charge in [-0.25, -0.2) is 4.79 Å². The first-order valence-electron chi connectivity index (χ1n) is 27.9. The third-order valence-electron chi connectivity index (χ3n) is 11.9. The lowest BCUT2D eigenvalue weighted by molar-refractivity contribution is -0.301. The minimum Gasteiger partial charge on any atom is -0.479 e. The number of carboxylic acid groups (broad SMARTS) is 1. The van der Waals surface area contributed by atoms with Crippen LogP contribution in [0.25, 0.3) is 0 Å². The van der Waals surface area contributed by atoms with Gasteiger partial charge in [0.05, 0.1) is 13.0 Å². The Hall–Kier alpha value is -4.62. The quantitative estimate of drug-likeness (QED) is 0.0228. The van der Waals surface area contributed by atoms with E-state index in [2.05, 4.69) is 112 Å². The topological polar surface area (TPSA) is 175 Å². The van der Waals surface area contributed by atoms with Gasteiger partial charge in [-0.3, -0.25) is 14.4 Å². The molecule has 412 valence electrons. The summed E-state index contributed by atoms with van der Waals surface area (Å²) < 4.78 is 28.2. The van der Waals surface area contributed by atoms with Crippen LogP contribution in [-0.2, 0) is 42.9 Å². The number of ether oxygens (including phenoxy) is 5. The van der Waals surface area contributed by atoms with Crippen molar-refractivity contribution in [2.75, 3.05) is 13.2 Å². The van der Waals surface area contributed by atoms with Crippen molar-refractivity contribution in [2.45, 2.75) is 237 Å². The van der Waals surface area contributed by atoms with Crippen LogP contribution in [0, 0.1) is 0 Å². The molecule has 3 N–H and O–H groups in total. The van der Waals surface area contributed by atoms with E-state index in [9.17, 15) is 34.5 Å². The zero-order chi connectivity index (χ0) is 53.3. The lowest BCUT2D eigenvalue weighted by atomic mass is 9.98. The molecule has 0 saturated carbocycles. The van der Waals surface area contributed by atoms with E-state index in [0.717, 1.165) is 116 Å². The highest BCUT2D eigenvalue weighted by molar-refractivity contribution is 5.74. The molecular weight excluding hydrogens is 925 g/mol. The number of rotatable bonds is 45. The Morgan fingerprint density at radius 3 is 1.38 bits per heavy atom. The molecule has 12 nitrogen and oxygen atoms in total. The summed E-state index contributed by atoms with van der Waals surface area (Å²) in [5.74, 6) is -3.32. The molecule has 6 atom stereocenters. The van der Waals surface area contributed by atoms with Gasteiger partial charge in [0.2, 0.25) is 0 Å². The van der Waals surface area contributed by atoms with Crippen molar-refractivity contribution in [1.82, 2.24) is 0 Å². The Balaban J connectivity index is 2.72. The molecule has 0 aromatic rings. The van der Waals surface area contributed by atoms with E-state index in [-0.39, 0.29) is 25.9 Å². The normalized spacial score (nSPS) is 19.2. The lowest BCUT2D eigenvalue weighted by Crippen LogP contribution is -2.61. The number of allylic oxidation sites excluding steroid dienone is 17. The van der Waals surface area contributed by atoms with Crippen molar-refractivity contribution in [3.63, 3.8) is 0 Å². The van der Waals surface area contributed by atoms with E-state index in [1.165, 1.54) is 25.7 Å². The average Bonchev–Trinajstić information content (AvgIpc) is 3.37. The maximum Gasteiger partial charge on any atom is 0.335 e. The fourth-order valence-electron chi connectivity index (χ4n) is 7.67. The summed E-state index contributed by atoms with van der Waals surface area (Å²) in [6.07, 6.45) is 52.4. The Bertz CT molecular complexity index is 1690. The van der Waals surface area contributed by atoms with Crippen molar-refractivity contribution in [3.05, 3.63) is 109 Å². The summed E-state index contributed by atoms with van der Waals surface area (Å²) in [5.41, 5.74) is 0. The summed E-state index contributed by atoms with van der Waals surface area (Å²) >= 11 is 0. The lowest BCUT2D eigenvalue weighted by Gasteiger charge is -2.40. The smallest absolute Gasteiger partial charge is 0.335 e. The number of carbonyl (C=O) groups is 4. The number of carbonyl (C=O) groups excluding carboxylic acids is 3. The number of aliphatic hydroxyl groups is 2. The first-order chi connectivity index (χ1) is 35.6. The minimum atomic E-state index is -1.92. The average molecular weight is 1020 g/mol. The molecule has 1 heterocycles. The second-order valence-corrected chi connectivity index (χ2v) is 18.5. The van der Waals surface area contributed by atoms with Gasteiger partial charge < -0.3 is 39.0 Å². The molecule has 1 aliphatic rings. The van der Waals surface area contributed by atoms with E-state index >= 15 is 0 Å². The maximum atomic E-state index is 13.0. The molecule has 73 heavy (non-hydrogen) atoms. The maximum absolute atomic E-state index is 13.0. The monoisotopic (exact) mass is 1020 g/mol. The second kappa shape index (κ2) is 48.3. The molecule has 0 aromatic carbocycles. The van der Waals surface area contributed by atoms with E-state index in [1.54, 1.807) is 6.08 Å². The van der Waals surface area contributed by atoms with Crippen LogP contribution in [0.5, 0.6) is 0 Å². The van der Waals surface area contributed by atoms with E-state index < -0.39 is 67.3 Å². The molecule has 1 aliphatic heterocycles. The van der Waals surface area contributed by atoms with E-state index in [1.807, 2.05) is 12.2 Å². The number of aliphatic hydroxyl groups excluding tert-OH is 2. The predicted octanol–water partition coefficient (Wildman–Crippen LogP) is 13.9. The van der Waals surface area contributed by atoms with Gasteiger partial charge in [-0.2, -0.15) is 0 Å². The SMILES string of the molecule is CC/C=C\C/C=C\C/C=C\C/C=C\C/C=C\CC(=O)OCC(COC1OC(C(=O)O)C(O)C(O)C1OC(=O)CCCCCCCC/C=C\C/C=C\C/C=C\C/C=C\CC)OC(=O)CCCCCCCCCCC. The second-order valence-electron chi connectivity index (χ2n) is 18.5. The molecule has 0 aromatic heterocycles. The van der Waals surface area contributed by atoms with Crippen LogP contribution in [0.15, 0.2) is 109 Å². The third kappa shape index (κ3) is 38.6. The van der Waals surface area contributed by atoms with Gasteiger partial charge in [-0.15, -0.1) is 0 Å². The van der Waals surface area contributed by atoms with Gasteiger partial charge in [0, 0.05) is 12.8 Å². The molecule has 1 fully saturated rings. The summed E-state index contributed by atoms with van der Waals surface area (Å²) in [4.78, 5) is 50.8. The van der Waals surface area contributed by atoms with Gasteiger partial charge in [-0.05, 0) is 83.5 Å². The summed E-state index contributed by atoms with van der Waals surface area (Å²) in [6.45, 7) is 5.62. The summed E-state index contributed by atoms with van der Waals surface area (Å²) in [5, 5.41) is 31.4. The number of esters is 3. The number of carboxylic acids is 1. The highest BCUT2D eigenvalue weighted by Crippen LogP contribution is 2.26. The Morgan fingerprint density at radius 1 is 0.479 bits per heavy atom. The molecule has 12 heteroatoms. The fourth-order valence-corrected chi connectivity index (χ4v) is 7.67. The zero-order valence-corrected chi connectivity index (χ0v) is 45.1. The number of unbranched alkanes of at least 4 members (excludes halogenated alkanes) is 14. The van der Waals surface area contributed by atoms with Gasteiger partial charge in [0.1, 0.15) is 18.8 Å². The fraction of sp³-hybridized carbons (Fsp3) is 0.639. The van der Waals surface area contributed by atoms with Crippen molar-refractivity contribution in [3.8, 4) is 0 Å². The van der Waals surface area contributed by atoms with Crippen LogP contribution >= 0.6 is 0 Å². The summed E-state index contributed by atoms with van der Waals surface area (Å²) in [7, 11) is 0. The van der Waals surface area contributed by atoms with E-state index in [0.29, 0.717) is 19.3 Å². The molecule has 0 aliphatic carbocycles. The van der Waals surface area contributed by atoms with Gasteiger partial charge in [-0.1, -0.05) is 207 Å². The van der Waals surface area contributed by atoms with Crippen LogP contribution in [0.2, 0.25) is 0 Å². The van der Waals surface area contributed by atoms with E-state index in [4.69, 9.17) is 23.7 Å². The standard InChI is InChI=1S/C61H96O12/c1-4-7-10-13-16-19-21-23-25-26-27-28-30-32-34-37-40-43-46-49-55(64)72-59-57(66)56(65)58(60(67)68)73-61(59)70-51-52(71-54(63)48-45-42-39-35-18-15-12-9-6-3)50-69-53(62)47-44-41-38-36-33-31-29-24-22-20-17-14-11-8-5-2/h7-8,10-11,16-17,19-20,23-25,27-29,33,36,41,44,52,56-59,61,65-66H,4-6,9,12-15,18,21-22,26,30-32,34-35,37-40,42-43,45-51H2,1-3H3,(H,67,68)/b10-7-,11-8-,19-16-,20-17-,25-23-,28-27-,29-24-,36-33-,44-41-. The molecule has 0 amide bonds. The number of hydrogen-bond donors (Lipinski definition) is 3. The van der Waals surface area contributed by atoms with Gasteiger partial charge in [0.15, 0.2) is 24.6 Å². The molecule has 1 saturated heterocycles. The Labute approximate surface area is 440 Å². The molecule has 6 unspecified atom stereocenters. The molecular formula is C61H96O12. The van der Waals surface area contributed by atoms with Crippen LogP contribution in [0.1, 0.15) is 201 Å². The first-order valence-corrected chi connectivity index (χ1v) is 27.9. The number of hydrogen-bond acceptors (Lipinski definition) is 11. The Morgan fingerprint density at radius 2 is 0.904 bits per heavy atom. The van der Waals surface area contributed by atoms with Crippen LogP contribution in [0.3, 0.4) is 0 Å². The van der Waals surface area contributed by atoms with Gasteiger partial charge in [0.25, 0.3) is 0 Å². The first kappa shape index (κ1) is 66.4. The van der Waals surface area contributed by atoms with Crippen LogP contribution in [0.4, 0.5) is 0 Å². The highest BCUT2D eigenvalue weighted by Gasteiger charge is 2.50. The van der Waals surface area contributed by atoms with Crippen LogP contribution in [-0.4, -0.2) is 89.2 Å². The highest BCUT2D eigenvalue weighted by atomic mass is 16.7.